The van der Waals surface area contributed by atoms with Gasteiger partial charge in [-0.05, 0) is 29.8 Å². The highest BCUT2D eigenvalue weighted by molar-refractivity contribution is 6.30. The van der Waals surface area contributed by atoms with Gasteiger partial charge in [-0.1, -0.05) is 11.6 Å². The summed E-state index contributed by atoms with van der Waals surface area (Å²) in [6.45, 7) is 0.386. The molecule has 0 amide bonds. The smallest absolute Gasteiger partial charge is 0.139 e. The Bertz CT molecular complexity index is 549. The maximum Gasteiger partial charge on any atom is 0.139 e. The van der Waals surface area contributed by atoms with Crippen molar-refractivity contribution >= 4 is 11.6 Å². The van der Waals surface area contributed by atoms with Crippen LogP contribution in [-0.4, -0.2) is 4.98 Å². The van der Waals surface area contributed by atoms with Gasteiger partial charge >= 0.3 is 0 Å². The number of aromatic nitrogens is 1. The van der Waals surface area contributed by atoms with E-state index >= 15 is 0 Å². The molecule has 1 aromatic carbocycles. The molecule has 4 heteroatoms. The normalized spacial score (nSPS) is 9.65. The standard InChI is InChI=1S/C13H9ClN2O/c14-12-2-1-11(8-15)13(7-12)17-9-10-3-5-16-6-4-10/h1-7H,9H2. The Morgan fingerprint density at radius 1 is 1.24 bits per heavy atom. The van der Waals surface area contributed by atoms with Gasteiger partial charge in [0.15, 0.2) is 0 Å². The van der Waals surface area contributed by atoms with Gasteiger partial charge in [0.2, 0.25) is 0 Å². The highest BCUT2D eigenvalue weighted by Gasteiger charge is 2.04. The molecule has 3 nitrogen and oxygen atoms in total. The number of pyridine rings is 1. The van der Waals surface area contributed by atoms with Crippen molar-refractivity contribution in [1.29, 1.82) is 5.26 Å². The summed E-state index contributed by atoms with van der Waals surface area (Å²) in [6.07, 6.45) is 3.39. The first-order valence-corrected chi connectivity index (χ1v) is 5.39. The third-order valence-electron chi connectivity index (χ3n) is 2.21. The van der Waals surface area contributed by atoms with Crippen LogP contribution in [0.5, 0.6) is 5.75 Å². The number of hydrogen-bond acceptors (Lipinski definition) is 3. The Kier molecular flexibility index (Phi) is 3.59. The summed E-state index contributed by atoms with van der Waals surface area (Å²) in [5, 5.41) is 9.47. The Morgan fingerprint density at radius 3 is 2.71 bits per heavy atom. The third kappa shape index (κ3) is 2.96. The summed E-state index contributed by atoms with van der Waals surface area (Å²) < 4.78 is 5.56. The van der Waals surface area contributed by atoms with Gasteiger partial charge in [0.05, 0.1) is 5.56 Å². The van der Waals surface area contributed by atoms with Crippen molar-refractivity contribution in [2.24, 2.45) is 0 Å². The number of rotatable bonds is 3. The van der Waals surface area contributed by atoms with Gasteiger partial charge in [-0.2, -0.15) is 5.26 Å². The van der Waals surface area contributed by atoms with Crippen molar-refractivity contribution in [2.45, 2.75) is 6.61 Å². The number of nitrogens with zero attached hydrogens (tertiary/aromatic N) is 2. The molecular formula is C13H9ClN2O. The lowest BCUT2D eigenvalue weighted by Gasteiger charge is -2.07. The molecule has 2 aromatic rings. The van der Waals surface area contributed by atoms with Crippen molar-refractivity contribution < 1.29 is 4.74 Å². The van der Waals surface area contributed by atoms with Crippen molar-refractivity contribution in [1.82, 2.24) is 4.98 Å². The van der Waals surface area contributed by atoms with E-state index in [0.717, 1.165) is 5.56 Å². The van der Waals surface area contributed by atoms with E-state index < -0.39 is 0 Å². The maximum atomic E-state index is 8.92. The second-order valence-corrected chi connectivity index (χ2v) is 3.83. The summed E-state index contributed by atoms with van der Waals surface area (Å²) in [4.78, 5) is 3.92. The second kappa shape index (κ2) is 5.33. The van der Waals surface area contributed by atoms with E-state index in [1.54, 1.807) is 30.6 Å². The van der Waals surface area contributed by atoms with Crippen LogP contribution < -0.4 is 4.74 Å². The fourth-order valence-electron chi connectivity index (χ4n) is 1.35. The predicted molar refractivity (Wildman–Crippen MR) is 64.7 cm³/mol. The van der Waals surface area contributed by atoms with Crippen molar-refractivity contribution in [2.75, 3.05) is 0 Å². The van der Waals surface area contributed by atoms with Gasteiger partial charge < -0.3 is 4.74 Å². The fourth-order valence-corrected chi connectivity index (χ4v) is 1.51. The molecule has 0 N–H and O–H groups in total. The minimum atomic E-state index is 0.386. The topological polar surface area (TPSA) is 45.9 Å². The van der Waals surface area contributed by atoms with Gasteiger partial charge in [0, 0.05) is 23.5 Å². The molecule has 0 atom stereocenters. The molecular weight excluding hydrogens is 236 g/mol. The summed E-state index contributed by atoms with van der Waals surface area (Å²) in [6, 6.07) is 10.7. The van der Waals surface area contributed by atoms with Crippen LogP contribution in [-0.2, 0) is 6.61 Å². The molecule has 0 aliphatic heterocycles. The minimum absolute atomic E-state index is 0.386. The summed E-state index contributed by atoms with van der Waals surface area (Å²) in [5.74, 6) is 0.497. The van der Waals surface area contributed by atoms with Crippen molar-refractivity contribution in [3.05, 3.63) is 58.9 Å². The van der Waals surface area contributed by atoms with Gasteiger partial charge in [-0.15, -0.1) is 0 Å². The van der Waals surface area contributed by atoms with Crippen LogP contribution in [0.15, 0.2) is 42.7 Å². The number of ether oxygens (including phenoxy) is 1. The molecule has 0 aliphatic rings. The zero-order valence-corrected chi connectivity index (χ0v) is 9.69. The average Bonchev–Trinajstić information content (AvgIpc) is 2.38. The molecule has 0 unspecified atom stereocenters. The van der Waals surface area contributed by atoms with E-state index in [4.69, 9.17) is 21.6 Å². The van der Waals surface area contributed by atoms with Crippen LogP contribution in [0.4, 0.5) is 0 Å². The molecule has 0 spiro atoms. The minimum Gasteiger partial charge on any atom is -0.487 e. The SMILES string of the molecule is N#Cc1ccc(Cl)cc1OCc1ccncc1. The molecule has 2 rings (SSSR count). The number of nitriles is 1. The van der Waals surface area contributed by atoms with Crippen LogP contribution in [0.3, 0.4) is 0 Å². The molecule has 0 radical (unpaired) electrons. The Balaban J connectivity index is 2.14. The number of hydrogen-bond donors (Lipinski definition) is 0. The van der Waals surface area contributed by atoms with Gasteiger partial charge in [0.25, 0.3) is 0 Å². The average molecular weight is 245 g/mol. The van der Waals surface area contributed by atoms with E-state index in [9.17, 15) is 0 Å². The third-order valence-corrected chi connectivity index (χ3v) is 2.44. The molecule has 0 fully saturated rings. The first-order chi connectivity index (χ1) is 8.29. The van der Waals surface area contributed by atoms with Crippen LogP contribution >= 0.6 is 11.6 Å². The molecule has 0 saturated carbocycles. The summed E-state index contributed by atoms with van der Waals surface area (Å²) in [7, 11) is 0. The Labute approximate surface area is 104 Å². The Hall–Kier alpha value is -2.05. The Morgan fingerprint density at radius 2 is 2.00 bits per heavy atom. The van der Waals surface area contributed by atoms with E-state index in [2.05, 4.69) is 11.1 Å². The predicted octanol–water partition coefficient (Wildman–Crippen LogP) is 3.19. The van der Waals surface area contributed by atoms with E-state index in [1.807, 2.05) is 12.1 Å². The second-order valence-electron chi connectivity index (χ2n) is 3.40. The van der Waals surface area contributed by atoms with E-state index in [-0.39, 0.29) is 0 Å². The largest absolute Gasteiger partial charge is 0.487 e. The molecule has 84 valence electrons. The van der Waals surface area contributed by atoms with Crippen LogP contribution in [0.25, 0.3) is 0 Å². The maximum absolute atomic E-state index is 8.92. The molecule has 1 aromatic heterocycles. The van der Waals surface area contributed by atoms with Gasteiger partial charge in [-0.3, -0.25) is 4.98 Å². The van der Waals surface area contributed by atoms with Crippen molar-refractivity contribution in [3.63, 3.8) is 0 Å². The van der Waals surface area contributed by atoms with Crippen LogP contribution in [0, 0.1) is 11.3 Å². The summed E-state index contributed by atoms with van der Waals surface area (Å²) in [5.41, 5.74) is 1.47. The lowest BCUT2D eigenvalue weighted by molar-refractivity contribution is 0.305. The first kappa shape index (κ1) is 11.4. The highest BCUT2D eigenvalue weighted by atomic mass is 35.5. The van der Waals surface area contributed by atoms with Crippen LogP contribution in [0.2, 0.25) is 5.02 Å². The van der Waals surface area contributed by atoms with Crippen molar-refractivity contribution in [3.8, 4) is 11.8 Å². The molecule has 0 aliphatic carbocycles. The molecule has 1 heterocycles. The van der Waals surface area contributed by atoms with E-state index in [1.165, 1.54) is 0 Å². The zero-order chi connectivity index (χ0) is 12.1. The molecule has 0 bridgehead atoms. The highest BCUT2D eigenvalue weighted by Crippen LogP contribution is 2.23. The van der Waals surface area contributed by atoms with Crippen LogP contribution in [0.1, 0.15) is 11.1 Å². The first-order valence-electron chi connectivity index (χ1n) is 5.01. The molecule has 17 heavy (non-hydrogen) atoms. The van der Waals surface area contributed by atoms with Gasteiger partial charge in [-0.25, -0.2) is 0 Å². The molecule has 0 saturated heterocycles. The zero-order valence-electron chi connectivity index (χ0n) is 8.93. The lowest BCUT2D eigenvalue weighted by atomic mass is 10.2. The fraction of sp³-hybridized carbons (Fsp3) is 0.0769. The number of benzene rings is 1. The quantitative estimate of drug-likeness (QED) is 0.833. The van der Waals surface area contributed by atoms with Gasteiger partial charge in [0.1, 0.15) is 18.4 Å². The summed E-state index contributed by atoms with van der Waals surface area (Å²) >= 11 is 5.86. The lowest BCUT2D eigenvalue weighted by Crippen LogP contribution is -1.97. The monoisotopic (exact) mass is 244 g/mol. The number of halogens is 1. The van der Waals surface area contributed by atoms with E-state index in [0.29, 0.717) is 22.9 Å².